The lowest BCUT2D eigenvalue weighted by Crippen LogP contribution is -2.29. The highest BCUT2D eigenvalue weighted by atomic mass is 19.4. The highest BCUT2D eigenvalue weighted by Gasteiger charge is 2.53. The van der Waals surface area contributed by atoms with Gasteiger partial charge < -0.3 is 10.1 Å². The summed E-state index contributed by atoms with van der Waals surface area (Å²) in [6, 6.07) is 6.54. The minimum Gasteiger partial charge on any atom is -0.459 e. The number of rotatable bonds is 7. The maximum Gasteiger partial charge on any atom is 0.416 e. The van der Waals surface area contributed by atoms with Crippen LogP contribution in [0.4, 0.5) is 23.2 Å². The number of alkyl halides is 3. The first kappa shape index (κ1) is 24.3. The molecule has 0 aliphatic heterocycles. The zero-order valence-corrected chi connectivity index (χ0v) is 18.7. The maximum atomic E-state index is 14.6. The number of hydrogen-bond acceptors (Lipinski definition) is 6. The van der Waals surface area contributed by atoms with Gasteiger partial charge in [0.1, 0.15) is 5.82 Å². The predicted molar refractivity (Wildman–Crippen MR) is 116 cm³/mol. The Balaban J connectivity index is 1.61. The molecule has 1 fully saturated rings. The van der Waals surface area contributed by atoms with E-state index in [-0.39, 0.29) is 47.1 Å². The Morgan fingerprint density at radius 1 is 1.20 bits per heavy atom. The summed E-state index contributed by atoms with van der Waals surface area (Å²) in [5.74, 6) is -2.11. The van der Waals surface area contributed by atoms with Crippen LogP contribution in [0.1, 0.15) is 54.6 Å². The van der Waals surface area contributed by atoms with Crippen LogP contribution < -0.4 is 5.32 Å². The number of esters is 1. The van der Waals surface area contributed by atoms with Gasteiger partial charge in [0.05, 0.1) is 22.6 Å². The van der Waals surface area contributed by atoms with Crippen molar-refractivity contribution in [2.45, 2.75) is 50.8 Å². The van der Waals surface area contributed by atoms with Gasteiger partial charge in [-0.3, -0.25) is 4.79 Å². The number of tetrazole rings is 1. The second-order valence-electron chi connectivity index (χ2n) is 8.36. The first-order chi connectivity index (χ1) is 16.5. The number of ether oxygens (including phenoxy) is 1. The second kappa shape index (κ2) is 9.08. The normalized spacial score (nSPS) is 15.4. The van der Waals surface area contributed by atoms with E-state index in [1.54, 1.807) is 6.92 Å². The van der Waals surface area contributed by atoms with Crippen molar-refractivity contribution in [2.75, 3.05) is 5.32 Å². The molecule has 1 aliphatic carbocycles. The summed E-state index contributed by atoms with van der Waals surface area (Å²) in [6.45, 7) is 3.61. The molecule has 2 N–H and O–H groups in total. The van der Waals surface area contributed by atoms with Crippen molar-refractivity contribution in [3.63, 3.8) is 0 Å². The van der Waals surface area contributed by atoms with Crippen LogP contribution in [0, 0.1) is 5.82 Å². The standard InChI is InChI=1S/C23H21F4N5O3/c1-3-12(2)35-20(33)15-6-5-14(11-16(15)19-29-31-32-30-19)28-21(34)22(8-9-22)17-7-4-13(10-18(17)24)23(25,26)27/h4-7,10-12H,3,8-9H2,1-2H3,(H,28,34)(H,29,30,31,32)/t12-/m1/s1. The lowest BCUT2D eigenvalue weighted by molar-refractivity contribution is -0.137. The lowest BCUT2D eigenvalue weighted by Gasteiger charge is -2.18. The molecule has 1 atom stereocenters. The fraction of sp³-hybridized carbons (Fsp3) is 0.348. The number of nitrogens with one attached hydrogen (secondary N) is 2. The van der Waals surface area contributed by atoms with Crippen molar-refractivity contribution < 1.29 is 31.9 Å². The topological polar surface area (TPSA) is 110 Å². The molecule has 1 aliphatic rings. The van der Waals surface area contributed by atoms with Crippen LogP contribution in [-0.2, 0) is 21.1 Å². The number of H-pyrrole nitrogens is 1. The van der Waals surface area contributed by atoms with E-state index < -0.39 is 34.8 Å². The Bertz CT molecular complexity index is 1260. The molecule has 12 heteroatoms. The van der Waals surface area contributed by atoms with Gasteiger partial charge in [0.15, 0.2) is 5.82 Å². The van der Waals surface area contributed by atoms with Crippen molar-refractivity contribution in [2.24, 2.45) is 0 Å². The molecule has 3 aromatic rings. The third kappa shape index (κ3) is 4.86. The molecule has 1 saturated carbocycles. The Morgan fingerprint density at radius 3 is 2.51 bits per heavy atom. The second-order valence-corrected chi connectivity index (χ2v) is 8.36. The quantitative estimate of drug-likeness (QED) is 0.368. The number of aromatic amines is 1. The van der Waals surface area contributed by atoms with Crippen molar-refractivity contribution in [1.29, 1.82) is 0 Å². The monoisotopic (exact) mass is 491 g/mol. The minimum atomic E-state index is -4.69. The molecule has 1 heterocycles. The molecular formula is C23H21F4N5O3. The summed E-state index contributed by atoms with van der Waals surface area (Å²) in [4.78, 5) is 25.7. The Hall–Kier alpha value is -3.83. The van der Waals surface area contributed by atoms with E-state index >= 15 is 0 Å². The van der Waals surface area contributed by atoms with Gasteiger partial charge in [0, 0.05) is 16.8 Å². The van der Waals surface area contributed by atoms with E-state index in [1.807, 2.05) is 6.92 Å². The van der Waals surface area contributed by atoms with Gasteiger partial charge in [-0.1, -0.05) is 13.0 Å². The molecule has 184 valence electrons. The smallest absolute Gasteiger partial charge is 0.416 e. The predicted octanol–water partition coefficient (Wildman–Crippen LogP) is 4.65. The van der Waals surface area contributed by atoms with E-state index in [0.29, 0.717) is 12.5 Å². The molecule has 1 aromatic heterocycles. The molecular weight excluding hydrogens is 470 g/mol. The third-order valence-corrected chi connectivity index (χ3v) is 5.98. The number of carbonyl (C=O) groups is 2. The number of hydrogen-bond donors (Lipinski definition) is 2. The molecule has 0 unspecified atom stereocenters. The van der Waals surface area contributed by atoms with Gasteiger partial charge in [0.2, 0.25) is 5.91 Å². The SMILES string of the molecule is CC[C@@H](C)OC(=O)c1ccc(NC(=O)C2(c3ccc(C(F)(F)F)cc3F)CC2)cc1-c1nnn[nH]1. The van der Waals surface area contributed by atoms with Crippen LogP contribution in [0.2, 0.25) is 0 Å². The number of nitrogens with zero attached hydrogens (tertiary/aromatic N) is 3. The van der Waals surface area contributed by atoms with Crippen molar-refractivity contribution in [1.82, 2.24) is 20.6 Å². The van der Waals surface area contributed by atoms with E-state index in [4.69, 9.17) is 4.74 Å². The third-order valence-electron chi connectivity index (χ3n) is 5.98. The van der Waals surface area contributed by atoms with Gasteiger partial charge in [-0.2, -0.15) is 13.2 Å². The van der Waals surface area contributed by atoms with Crippen molar-refractivity contribution in [3.8, 4) is 11.4 Å². The molecule has 0 radical (unpaired) electrons. The van der Waals surface area contributed by atoms with E-state index in [1.165, 1.54) is 18.2 Å². The largest absolute Gasteiger partial charge is 0.459 e. The fourth-order valence-corrected chi connectivity index (χ4v) is 3.67. The van der Waals surface area contributed by atoms with Crippen LogP contribution in [0.25, 0.3) is 11.4 Å². The van der Waals surface area contributed by atoms with Crippen LogP contribution in [0.3, 0.4) is 0 Å². The number of carbonyl (C=O) groups excluding carboxylic acids is 2. The van der Waals surface area contributed by atoms with Gasteiger partial charge in [0.25, 0.3) is 0 Å². The van der Waals surface area contributed by atoms with Crippen LogP contribution >= 0.6 is 0 Å². The number of halogens is 4. The summed E-state index contributed by atoms with van der Waals surface area (Å²) in [7, 11) is 0. The summed E-state index contributed by atoms with van der Waals surface area (Å²) in [5, 5.41) is 16.1. The van der Waals surface area contributed by atoms with Gasteiger partial charge >= 0.3 is 12.1 Å². The van der Waals surface area contributed by atoms with Gasteiger partial charge in [-0.05, 0) is 66.9 Å². The van der Waals surface area contributed by atoms with Crippen molar-refractivity contribution >= 4 is 17.6 Å². The van der Waals surface area contributed by atoms with Crippen LogP contribution in [-0.4, -0.2) is 38.6 Å². The molecule has 0 saturated heterocycles. The number of amides is 1. The van der Waals surface area contributed by atoms with Crippen LogP contribution in [0.5, 0.6) is 0 Å². The van der Waals surface area contributed by atoms with Crippen molar-refractivity contribution in [3.05, 3.63) is 58.9 Å². The van der Waals surface area contributed by atoms with Crippen LogP contribution in [0.15, 0.2) is 36.4 Å². The molecule has 1 amide bonds. The average Bonchev–Trinajstić information content (AvgIpc) is 3.43. The Morgan fingerprint density at radius 2 is 1.94 bits per heavy atom. The highest BCUT2D eigenvalue weighted by Crippen LogP contribution is 2.50. The summed E-state index contributed by atoms with van der Waals surface area (Å²) in [6.07, 6.45) is -3.85. The summed E-state index contributed by atoms with van der Waals surface area (Å²) in [5.41, 5.74) is -1.81. The van der Waals surface area contributed by atoms with Gasteiger partial charge in [-0.15, -0.1) is 5.10 Å². The minimum absolute atomic E-state index is 0.101. The average molecular weight is 491 g/mol. The zero-order chi connectivity index (χ0) is 25.4. The number of anilines is 1. The first-order valence-corrected chi connectivity index (χ1v) is 10.8. The molecule has 0 spiro atoms. The lowest BCUT2D eigenvalue weighted by atomic mass is 9.93. The number of benzene rings is 2. The number of aromatic nitrogens is 4. The summed E-state index contributed by atoms with van der Waals surface area (Å²) >= 11 is 0. The van der Waals surface area contributed by atoms with E-state index in [2.05, 4.69) is 25.9 Å². The molecule has 2 aromatic carbocycles. The first-order valence-electron chi connectivity index (χ1n) is 10.8. The highest BCUT2D eigenvalue weighted by molar-refractivity contribution is 6.03. The fourth-order valence-electron chi connectivity index (χ4n) is 3.67. The zero-order valence-electron chi connectivity index (χ0n) is 18.7. The maximum absolute atomic E-state index is 14.6. The Labute approximate surface area is 197 Å². The molecule has 8 nitrogen and oxygen atoms in total. The van der Waals surface area contributed by atoms with E-state index in [9.17, 15) is 27.2 Å². The van der Waals surface area contributed by atoms with Gasteiger partial charge in [-0.25, -0.2) is 14.3 Å². The molecule has 4 rings (SSSR count). The van der Waals surface area contributed by atoms with E-state index in [0.717, 1.165) is 12.1 Å². The summed E-state index contributed by atoms with van der Waals surface area (Å²) < 4.78 is 58.7. The molecule has 0 bridgehead atoms. The molecule has 35 heavy (non-hydrogen) atoms. The Kier molecular flexibility index (Phi) is 6.30.